The van der Waals surface area contributed by atoms with Crippen LogP contribution in [-0.2, 0) is 11.3 Å². The fourth-order valence-corrected chi connectivity index (χ4v) is 1.49. The molecule has 84 valence electrons. The van der Waals surface area contributed by atoms with Gasteiger partial charge in [-0.15, -0.1) is 0 Å². The number of benzene rings is 1. The van der Waals surface area contributed by atoms with Crippen LogP contribution in [0.15, 0.2) is 30.3 Å². The van der Waals surface area contributed by atoms with E-state index in [-0.39, 0.29) is 12.5 Å². The zero-order valence-electron chi connectivity index (χ0n) is 9.52. The maximum absolute atomic E-state index is 11.7. The van der Waals surface area contributed by atoms with E-state index in [2.05, 4.69) is 0 Å². The summed E-state index contributed by atoms with van der Waals surface area (Å²) >= 11 is 0. The van der Waals surface area contributed by atoms with Crippen LogP contribution < -0.4 is 0 Å². The zero-order valence-corrected chi connectivity index (χ0v) is 9.52. The smallest absolute Gasteiger partial charge is 0.223 e. The number of hydrogen-bond donors (Lipinski definition) is 0. The summed E-state index contributed by atoms with van der Waals surface area (Å²) in [6.45, 7) is 2.64. The summed E-state index contributed by atoms with van der Waals surface area (Å²) in [6, 6.07) is 11.8. The molecule has 1 aromatic carbocycles. The molecule has 0 aromatic heterocycles. The van der Waals surface area contributed by atoms with Gasteiger partial charge >= 0.3 is 0 Å². The van der Waals surface area contributed by atoms with Crippen LogP contribution in [0.3, 0.4) is 0 Å². The molecule has 0 unspecified atom stereocenters. The first-order chi connectivity index (χ1) is 7.77. The number of hydrogen-bond acceptors (Lipinski definition) is 2. The van der Waals surface area contributed by atoms with Gasteiger partial charge in [0.1, 0.15) is 6.54 Å². The predicted octanol–water partition coefficient (Wildman–Crippen LogP) is 2.34. The summed E-state index contributed by atoms with van der Waals surface area (Å²) in [5.41, 5.74) is 1.06. The van der Waals surface area contributed by atoms with Crippen LogP contribution in [0.1, 0.15) is 25.3 Å². The second-order valence-electron chi connectivity index (χ2n) is 3.64. The number of amides is 1. The first-order valence-electron chi connectivity index (χ1n) is 5.46. The van der Waals surface area contributed by atoms with E-state index in [0.29, 0.717) is 13.0 Å². The molecule has 3 heteroatoms. The molecule has 0 aliphatic heterocycles. The maximum atomic E-state index is 11.7. The third-order valence-corrected chi connectivity index (χ3v) is 2.29. The van der Waals surface area contributed by atoms with E-state index in [9.17, 15) is 4.79 Å². The van der Waals surface area contributed by atoms with Crippen molar-refractivity contribution >= 4 is 5.91 Å². The average Bonchev–Trinajstić information content (AvgIpc) is 2.30. The molecule has 0 saturated carbocycles. The van der Waals surface area contributed by atoms with E-state index in [1.165, 1.54) is 0 Å². The molecule has 1 aromatic rings. The monoisotopic (exact) mass is 216 g/mol. The van der Waals surface area contributed by atoms with Crippen LogP contribution in [0.5, 0.6) is 0 Å². The molecular formula is C13H16N2O. The standard InChI is InChI=1S/C13H16N2O/c1-2-6-13(16)15(10-9-14)11-12-7-4-3-5-8-12/h3-5,7-8H,2,6,10-11H2,1H3. The molecular weight excluding hydrogens is 200 g/mol. The first kappa shape index (κ1) is 12.3. The number of nitriles is 1. The van der Waals surface area contributed by atoms with Gasteiger partial charge in [-0.3, -0.25) is 4.79 Å². The molecule has 0 bridgehead atoms. The van der Waals surface area contributed by atoms with Crippen LogP contribution in [-0.4, -0.2) is 17.4 Å². The van der Waals surface area contributed by atoms with E-state index < -0.39 is 0 Å². The lowest BCUT2D eigenvalue weighted by Gasteiger charge is -2.19. The SMILES string of the molecule is CCCC(=O)N(CC#N)Cc1ccccc1. The Kier molecular flexibility index (Phi) is 5.07. The van der Waals surface area contributed by atoms with Crippen LogP contribution >= 0.6 is 0 Å². The Hall–Kier alpha value is -1.82. The lowest BCUT2D eigenvalue weighted by atomic mass is 10.2. The lowest BCUT2D eigenvalue weighted by molar-refractivity contribution is -0.131. The summed E-state index contributed by atoms with van der Waals surface area (Å²) in [6.07, 6.45) is 1.32. The number of nitrogens with zero attached hydrogens (tertiary/aromatic N) is 2. The van der Waals surface area contributed by atoms with E-state index >= 15 is 0 Å². The maximum Gasteiger partial charge on any atom is 0.223 e. The van der Waals surface area contributed by atoms with Crippen molar-refractivity contribution in [3.63, 3.8) is 0 Å². The fourth-order valence-electron chi connectivity index (χ4n) is 1.49. The van der Waals surface area contributed by atoms with Gasteiger partial charge in [-0.2, -0.15) is 5.26 Å². The van der Waals surface area contributed by atoms with Gasteiger partial charge in [0.25, 0.3) is 0 Å². The molecule has 0 fully saturated rings. The summed E-state index contributed by atoms with van der Waals surface area (Å²) in [5, 5.41) is 8.69. The second-order valence-corrected chi connectivity index (χ2v) is 3.64. The molecule has 0 aliphatic rings. The Morgan fingerprint density at radius 1 is 1.38 bits per heavy atom. The van der Waals surface area contributed by atoms with Crippen LogP contribution in [0.25, 0.3) is 0 Å². The minimum Gasteiger partial charge on any atom is -0.325 e. The second kappa shape index (κ2) is 6.62. The molecule has 0 spiro atoms. The van der Waals surface area contributed by atoms with Gasteiger partial charge in [0.2, 0.25) is 5.91 Å². The van der Waals surface area contributed by atoms with Crippen molar-refractivity contribution in [2.24, 2.45) is 0 Å². The Bertz CT molecular complexity index is 367. The third-order valence-electron chi connectivity index (χ3n) is 2.29. The fraction of sp³-hybridized carbons (Fsp3) is 0.385. The van der Waals surface area contributed by atoms with E-state index in [4.69, 9.17) is 5.26 Å². The highest BCUT2D eigenvalue weighted by atomic mass is 16.2. The number of rotatable bonds is 5. The molecule has 0 radical (unpaired) electrons. The molecule has 1 rings (SSSR count). The quantitative estimate of drug-likeness (QED) is 0.709. The van der Waals surface area contributed by atoms with Crippen molar-refractivity contribution < 1.29 is 4.79 Å². The van der Waals surface area contributed by atoms with Crippen molar-refractivity contribution in [2.75, 3.05) is 6.54 Å². The molecule has 0 atom stereocenters. The lowest BCUT2D eigenvalue weighted by Crippen LogP contribution is -2.30. The van der Waals surface area contributed by atoms with E-state index in [1.807, 2.05) is 43.3 Å². The van der Waals surface area contributed by atoms with Crippen molar-refractivity contribution in [3.8, 4) is 6.07 Å². The van der Waals surface area contributed by atoms with Gasteiger partial charge in [-0.05, 0) is 12.0 Å². The van der Waals surface area contributed by atoms with Crippen molar-refractivity contribution in [1.29, 1.82) is 5.26 Å². The molecule has 3 nitrogen and oxygen atoms in total. The Morgan fingerprint density at radius 3 is 2.62 bits per heavy atom. The summed E-state index contributed by atoms with van der Waals surface area (Å²) in [4.78, 5) is 13.3. The van der Waals surface area contributed by atoms with Gasteiger partial charge in [-0.25, -0.2) is 0 Å². The van der Waals surface area contributed by atoms with Crippen molar-refractivity contribution in [1.82, 2.24) is 4.90 Å². The number of carbonyl (C=O) groups is 1. The normalized spacial score (nSPS) is 9.50. The van der Waals surface area contributed by atoms with E-state index in [0.717, 1.165) is 12.0 Å². The minimum absolute atomic E-state index is 0.0490. The highest BCUT2D eigenvalue weighted by molar-refractivity contribution is 5.76. The van der Waals surface area contributed by atoms with Gasteiger partial charge in [0, 0.05) is 13.0 Å². The zero-order chi connectivity index (χ0) is 11.8. The molecule has 0 saturated heterocycles. The topological polar surface area (TPSA) is 44.1 Å². The number of carbonyl (C=O) groups excluding carboxylic acids is 1. The highest BCUT2D eigenvalue weighted by Crippen LogP contribution is 2.06. The molecule has 0 heterocycles. The third kappa shape index (κ3) is 3.74. The molecule has 0 N–H and O–H groups in total. The average molecular weight is 216 g/mol. The Labute approximate surface area is 96.3 Å². The van der Waals surface area contributed by atoms with Crippen molar-refractivity contribution in [3.05, 3.63) is 35.9 Å². The predicted molar refractivity (Wildman–Crippen MR) is 62.4 cm³/mol. The largest absolute Gasteiger partial charge is 0.325 e. The van der Waals surface area contributed by atoms with Crippen molar-refractivity contribution in [2.45, 2.75) is 26.3 Å². The first-order valence-corrected chi connectivity index (χ1v) is 5.46. The minimum atomic E-state index is 0.0490. The van der Waals surface area contributed by atoms with Gasteiger partial charge in [0.15, 0.2) is 0 Å². The van der Waals surface area contributed by atoms with Crippen LogP contribution in [0.2, 0.25) is 0 Å². The highest BCUT2D eigenvalue weighted by Gasteiger charge is 2.11. The van der Waals surface area contributed by atoms with Crippen LogP contribution in [0.4, 0.5) is 0 Å². The summed E-state index contributed by atoms with van der Waals surface area (Å²) < 4.78 is 0. The summed E-state index contributed by atoms with van der Waals surface area (Å²) in [7, 11) is 0. The van der Waals surface area contributed by atoms with Gasteiger partial charge < -0.3 is 4.90 Å². The molecule has 0 aliphatic carbocycles. The van der Waals surface area contributed by atoms with Crippen LogP contribution in [0, 0.1) is 11.3 Å². The van der Waals surface area contributed by atoms with E-state index in [1.54, 1.807) is 4.90 Å². The van der Waals surface area contributed by atoms with Gasteiger partial charge in [0.05, 0.1) is 6.07 Å². The summed E-state index contributed by atoms with van der Waals surface area (Å²) in [5.74, 6) is 0.0490. The Morgan fingerprint density at radius 2 is 2.06 bits per heavy atom. The molecule has 1 amide bonds. The Balaban J connectivity index is 2.65. The molecule has 16 heavy (non-hydrogen) atoms. The van der Waals surface area contributed by atoms with Gasteiger partial charge in [-0.1, -0.05) is 37.3 Å².